The van der Waals surface area contributed by atoms with Crippen LogP contribution in [0.4, 0.5) is 16.2 Å². The molecule has 2 amide bonds. The summed E-state index contributed by atoms with van der Waals surface area (Å²) in [7, 11) is 0. The van der Waals surface area contributed by atoms with E-state index in [1.54, 1.807) is 18.4 Å². The van der Waals surface area contributed by atoms with Gasteiger partial charge >= 0.3 is 6.03 Å². The molecule has 4 aromatic rings. The molecule has 0 radical (unpaired) electrons. The van der Waals surface area contributed by atoms with Gasteiger partial charge in [-0.05, 0) is 47.9 Å². The summed E-state index contributed by atoms with van der Waals surface area (Å²) in [4.78, 5) is 14.7. The van der Waals surface area contributed by atoms with Crippen LogP contribution in [-0.2, 0) is 19.5 Å². The quantitative estimate of drug-likeness (QED) is 0.497. The zero-order valence-electron chi connectivity index (χ0n) is 16.7. The summed E-state index contributed by atoms with van der Waals surface area (Å²) in [5.41, 5.74) is 3.92. The minimum Gasteiger partial charge on any atom is -0.459 e. The van der Waals surface area contributed by atoms with Gasteiger partial charge in [-0.25, -0.2) is 4.79 Å². The fourth-order valence-electron chi connectivity index (χ4n) is 3.73. The Morgan fingerprint density at radius 3 is 2.74 bits per heavy atom. The Bertz CT molecular complexity index is 1170. The molecule has 2 aromatic heterocycles. The van der Waals surface area contributed by atoms with Crippen LogP contribution in [0.1, 0.15) is 17.0 Å². The van der Waals surface area contributed by atoms with E-state index in [1.165, 1.54) is 5.56 Å². The molecule has 156 valence electrons. The van der Waals surface area contributed by atoms with Crippen molar-refractivity contribution in [2.75, 3.05) is 17.2 Å². The van der Waals surface area contributed by atoms with Gasteiger partial charge in [-0.3, -0.25) is 4.90 Å². The lowest BCUT2D eigenvalue weighted by Gasteiger charge is -2.29. The maximum absolute atomic E-state index is 12.4. The summed E-state index contributed by atoms with van der Waals surface area (Å²) in [5, 5.41) is 14.0. The highest BCUT2D eigenvalue weighted by atomic mass is 16.4. The van der Waals surface area contributed by atoms with Crippen molar-refractivity contribution >= 4 is 17.4 Å². The number of amides is 2. The average Bonchev–Trinajstić information content (AvgIpc) is 3.46. The summed E-state index contributed by atoms with van der Waals surface area (Å²) >= 11 is 0. The van der Waals surface area contributed by atoms with E-state index in [1.807, 2.05) is 42.5 Å². The first-order valence-electron chi connectivity index (χ1n) is 10.1. The second-order valence-electron chi connectivity index (χ2n) is 7.33. The summed E-state index contributed by atoms with van der Waals surface area (Å²) in [6.07, 6.45) is 2.39. The lowest BCUT2D eigenvalue weighted by atomic mass is 9.97. The molecule has 2 N–H and O–H groups in total. The van der Waals surface area contributed by atoms with Crippen molar-refractivity contribution in [2.24, 2.45) is 0 Å². The molecule has 2 aromatic carbocycles. The molecule has 0 fully saturated rings. The van der Waals surface area contributed by atoms with Crippen molar-refractivity contribution in [3.63, 3.8) is 0 Å². The lowest BCUT2D eigenvalue weighted by molar-refractivity contribution is 0.222. The fourth-order valence-corrected chi connectivity index (χ4v) is 3.73. The molecule has 31 heavy (non-hydrogen) atoms. The Kier molecular flexibility index (Phi) is 5.20. The van der Waals surface area contributed by atoms with Crippen LogP contribution in [0.25, 0.3) is 11.7 Å². The van der Waals surface area contributed by atoms with Crippen molar-refractivity contribution in [2.45, 2.75) is 19.5 Å². The number of fused-ring (bicyclic) bond motifs is 1. The van der Waals surface area contributed by atoms with E-state index in [9.17, 15) is 4.79 Å². The van der Waals surface area contributed by atoms with Crippen LogP contribution in [0, 0.1) is 0 Å². The number of anilines is 2. The van der Waals surface area contributed by atoms with E-state index < -0.39 is 0 Å². The summed E-state index contributed by atoms with van der Waals surface area (Å²) in [6.45, 7) is 2.12. The molecule has 0 unspecified atom stereocenters. The number of furan rings is 1. The zero-order valence-corrected chi connectivity index (χ0v) is 16.7. The highest BCUT2D eigenvalue weighted by molar-refractivity contribution is 6.00. The fraction of sp³-hybridized carbons (Fsp3) is 0.174. The maximum Gasteiger partial charge on any atom is 0.323 e. The van der Waals surface area contributed by atoms with Gasteiger partial charge in [0.1, 0.15) is 0 Å². The first-order chi connectivity index (χ1) is 15.2. The van der Waals surface area contributed by atoms with Gasteiger partial charge in [0, 0.05) is 24.5 Å². The predicted octanol–water partition coefficient (Wildman–Crippen LogP) is 4.53. The number of hydrogen-bond donors (Lipinski definition) is 2. The number of para-hydroxylation sites is 1. The molecule has 0 bridgehead atoms. The molecule has 8 nitrogen and oxygen atoms in total. The maximum atomic E-state index is 12.4. The van der Waals surface area contributed by atoms with E-state index in [0.717, 1.165) is 36.4 Å². The third kappa shape index (κ3) is 4.34. The molecule has 0 spiro atoms. The van der Waals surface area contributed by atoms with Gasteiger partial charge < -0.3 is 19.5 Å². The third-order valence-electron chi connectivity index (χ3n) is 5.18. The van der Waals surface area contributed by atoms with Gasteiger partial charge in [-0.2, -0.15) is 0 Å². The highest BCUT2D eigenvalue weighted by Gasteiger charge is 2.22. The number of rotatable bonds is 5. The van der Waals surface area contributed by atoms with Gasteiger partial charge in [-0.1, -0.05) is 30.3 Å². The zero-order chi connectivity index (χ0) is 21.0. The smallest absolute Gasteiger partial charge is 0.323 e. The molecule has 0 saturated carbocycles. The van der Waals surface area contributed by atoms with Crippen LogP contribution in [0.2, 0.25) is 0 Å². The first-order valence-corrected chi connectivity index (χ1v) is 10.1. The van der Waals surface area contributed by atoms with Gasteiger partial charge in [0.05, 0.1) is 12.8 Å². The van der Waals surface area contributed by atoms with Crippen molar-refractivity contribution in [1.82, 2.24) is 15.1 Å². The largest absolute Gasteiger partial charge is 0.459 e. The number of benzene rings is 2. The number of nitrogens with zero attached hydrogens (tertiary/aromatic N) is 3. The van der Waals surface area contributed by atoms with E-state index in [-0.39, 0.29) is 6.03 Å². The summed E-state index contributed by atoms with van der Waals surface area (Å²) < 4.78 is 11.0. The van der Waals surface area contributed by atoms with Crippen LogP contribution in [-0.4, -0.2) is 27.7 Å². The normalized spacial score (nSPS) is 13.5. The number of carbonyl (C=O) groups is 1. The van der Waals surface area contributed by atoms with Crippen molar-refractivity contribution < 1.29 is 13.6 Å². The van der Waals surface area contributed by atoms with Gasteiger partial charge in [0.2, 0.25) is 5.89 Å². The molecule has 8 heteroatoms. The van der Waals surface area contributed by atoms with Gasteiger partial charge in [0.25, 0.3) is 5.89 Å². The molecular formula is C23H21N5O3. The molecule has 5 rings (SSSR count). The van der Waals surface area contributed by atoms with E-state index >= 15 is 0 Å². The van der Waals surface area contributed by atoms with Crippen LogP contribution in [0.3, 0.4) is 0 Å². The van der Waals surface area contributed by atoms with Crippen molar-refractivity contribution in [1.29, 1.82) is 0 Å². The molecule has 0 aliphatic carbocycles. The van der Waals surface area contributed by atoms with Crippen LogP contribution in [0.5, 0.6) is 0 Å². The second kappa shape index (κ2) is 8.45. The molecule has 1 aliphatic rings. The number of hydrogen-bond acceptors (Lipinski definition) is 6. The Morgan fingerprint density at radius 2 is 1.90 bits per heavy atom. The lowest BCUT2D eigenvalue weighted by Crippen LogP contribution is -2.31. The average molecular weight is 415 g/mol. The number of carbonyl (C=O) groups excluding carboxylic acids is 1. The SMILES string of the molecule is O=C(Nc1ccccc1)Nc1cccc2c1CCN(Cc1nnc(-c3ccco3)o1)C2. The summed E-state index contributed by atoms with van der Waals surface area (Å²) in [5.74, 6) is 1.49. The van der Waals surface area contributed by atoms with E-state index in [4.69, 9.17) is 8.83 Å². The van der Waals surface area contributed by atoms with Crippen molar-refractivity contribution in [3.8, 4) is 11.7 Å². The minimum atomic E-state index is -0.252. The van der Waals surface area contributed by atoms with Gasteiger partial charge in [-0.15, -0.1) is 10.2 Å². The van der Waals surface area contributed by atoms with Crippen LogP contribution < -0.4 is 10.6 Å². The Balaban J connectivity index is 1.24. The molecule has 3 heterocycles. The van der Waals surface area contributed by atoms with Crippen LogP contribution >= 0.6 is 0 Å². The Labute approximate surface area is 178 Å². The predicted molar refractivity (Wildman–Crippen MR) is 115 cm³/mol. The number of urea groups is 1. The Hall–Kier alpha value is -3.91. The number of nitrogens with one attached hydrogen (secondary N) is 2. The third-order valence-corrected chi connectivity index (χ3v) is 5.18. The highest BCUT2D eigenvalue weighted by Crippen LogP contribution is 2.27. The second-order valence-corrected chi connectivity index (χ2v) is 7.33. The standard InChI is InChI=1S/C23H21N5O3/c29-23(24-17-7-2-1-3-8-17)25-19-9-4-6-16-14-28(12-11-18(16)19)15-21-26-27-22(31-21)20-10-5-13-30-20/h1-10,13H,11-12,14-15H2,(H2,24,25,29). The monoisotopic (exact) mass is 415 g/mol. The first kappa shape index (κ1) is 19.1. The topological polar surface area (TPSA) is 96.4 Å². The van der Waals surface area contributed by atoms with E-state index in [0.29, 0.717) is 24.1 Å². The number of aromatic nitrogens is 2. The molecular weight excluding hydrogens is 394 g/mol. The minimum absolute atomic E-state index is 0.252. The summed E-state index contributed by atoms with van der Waals surface area (Å²) in [6, 6.07) is 18.7. The van der Waals surface area contributed by atoms with Crippen molar-refractivity contribution in [3.05, 3.63) is 83.9 Å². The molecule has 1 aliphatic heterocycles. The molecule has 0 atom stereocenters. The molecule has 0 saturated heterocycles. The van der Waals surface area contributed by atoms with E-state index in [2.05, 4.69) is 31.8 Å². The Morgan fingerprint density at radius 1 is 1.00 bits per heavy atom. The van der Waals surface area contributed by atoms with Crippen LogP contribution in [0.15, 0.2) is 75.8 Å². The van der Waals surface area contributed by atoms with Gasteiger partial charge in [0.15, 0.2) is 5.76 Å².